The average Bonchev–Trinajstić information content (AvgIpc) is 2.80. The van der Waals surface area contributed by atoms with Crippen molar-refractivity contribution in [2.45, 2.75) is 35.5 Å². The molecule has 0 amide bonds. The van der Waals surface area contributed by atoms with Crippen LogP contribution < -0.4 is 0 Å². The summed E-state index contributed by atoms with van der Waals surface area (Å²) in [4.78, 5) is 0.674. The second kappa shape index (κ2) is 5.53. The van der Waals surface area contributed by atoms with E-state index in [2.05, 4.69) is 0 Å². The van der Waals surface area contributed by atoms with Gasteiger partial charge in [0.25, 0.3) is 0 Å². The van der Waals surface area contributed by atoms with E-state index in [1.807, 2.05) is 0 Å². The molecule has 100 valence electrons. The first-order chi connectivity index (χ1) is 8.48. The fourth-order valence-corrected chi connectivity index (χ4v) is 5.38. The van der Waals surface area contributed by atoms with Crippen LogP contribution in [0.1, 0.15) is 25.7 Å². The van der Waals surface area contributed by atoms with Gasteiger partial charge in [-0.25, -0.2) is 8.42 Å². The predicted molar refractivity (Wildman–Crippen MR) is 72.8 cm³/mol. The van der Waals surface area contributed by atoms with Crippen molar-refractivity contribution in [3.8, 4) is 0 Å². The van der Waals surface area contributed by atoms with Gasteiger partial charge in [-0.2, -0.15) is 0 Å². The highest BCUT2D eigenvalue weighted by Crippen LogP contribution is 2.28. The van der Waals surface area contributed by atoms with Crippen molar-refractivity contribution in [2.24, 2.45) is 5.92 Å². The molecule has 0 spiro atoms. The SMILES string of the molecule is CS(=O)(=O)c1ccccc1[S@](=O)CC1CCCC1. The maximum Gasteiger partial charge on any atom is 0.176 e. The van der Waals surface area contributed by atoms with Gasteiger partial charge in [0.1, 0.15) is 0 Å². The first kappa shape index (κ1) is 13.7. The third-order valence-electron chi connectivity index (χ3n) is 3.36. The van der Waals surface area contributed by atoms with E-state index in [1.165, 1.54) is 25.2 Å². The van der Waals surface area contributed by atoms with E-state index in [0.717, 1.165) is 12.8 Å². The molecule has 0 saturated heterocycles. The number of sulfone groups is 1. The van der Waals surface area contributed by atoms with Crippen LogP contribution in [0.25, 0.3) is 0 Å². The van der Waals surface area contributed by atoms with Crippen LogP contribution in [-0.2, 0) is 20.6 Å². The number of hydrogen-bond donors (Lipinski definition) is 0. The number of rotatable bonds is 4. The maximum atomic E-state index is 12.3. The van der Waals surface area contributed by atoms with Crippen molar-refractivity contribution in [1.82, 2.24) is 0 Å². The summed E-state index contributed by atoms with van der Waals surface area (Å²) in [7, 11) is -4.52. The van der Waals surface area contributed by atoms with Crippen molar-refractivity contribution in [1.29, 1.82) is 0 Å². The van der Waals surface area contributed by atoms with Gasteiger partial charge in [-0.05, 0) is 30.9 Å². The van der Waals surface area contributed by atoms with Crippen molar-refractivity contribution in [2.75, 3.05) is 12.0 Å². The molecule has 0 unspecified atom stereocenters. The summed E-state index contributed by atoms with van der Waals surface area (Å²) in [6.45, 7) is 0. The summed E-state index contributed by atoms with van der Waals surface area (Å²) < 4.78 is 35.6. The van der Waals surface area contributed by atoms with Crippen LogP contribution in [0.3, 0.4) is 0 Å². The van der Waals surface area contributed by atoms with Crippen molar-refractivity contribution < 1.29 is 12.6 Å². The molecule has 1 aliphatic carbocycles. The van der Waals surface area contributed by atoms with E-state index in [4.69, 9.17) is 0 Å². The molecule has 5 heteroatoms. The van der Waals surface area contributed by atoms with Gasteiger partial charge >= 0.3 is 0 Å². The maximum absolute atomic E-state index is 12.3. The lowest BCUT2D eigenvalue weighted by atomic mass is 10.1. The molecule has 18 heavy (non-hydrogen) atoms. The molecule has 1 fully saturated rings. The molecular weight excluding hydrogens is 268 g/mol. The zero-order valence-electron chi connectivity index (χ0n) is 10.5. The van der Waals surface area contributed by atoms with Gasteiger partial charge in [0.05, 0.1) is 20.6 Å². The van der Waals surface area contributed by atoms with Crippen molar-refractivity contribution >= 4 is 20.6 Å². The topological polar surface area (TPSA) is 51.2 Å². The molecule has 1 aromatic rings. The van der Waals surface area contributed by atoms with Crippen LogP contribution in [0.15, 0.2) is 34.1 Å². The first-order valence-corrected chi connectivity index (χ1v) is 9.37. The van der Waals surface area contributed by atoms with Gasteiger partial charge in [0.2, 0.25) is 0 Å². The molecule has 1 aromatic carbocycles. The van der Waals surface area contributed by atoms with Gasteiger partial charge in [0.15, 0.2) is 9.84 Å². The van der Waals surface area contributed by atoms with E-state index in [-0.39, 0.29) is 4.90 Å². The summed E-state index contributed by atoms with van der Waals surface area (Å²) >= 11 is 0. The average molecular weight is 286 g/mol. The molecule has 3 nitrogen and oxygen atoms in total. The molecular formula is C13H18O3S2. The van der Waals surface area contributed by atoms with E-state index in [1.54, 1.807) is 18.2 Å². The van der Waals surface area contributed by atoms with Gasteiger partial charge < -0.3 is 0 Å². The quantitative estimate of drug-likeness (QED) is 0.854. The van der Waals surface area contributed by atoms with E-state index in [9.17, 15) is 12.6 Å². The lowest BCUT2D eigenvalue weighted by molar-refractivity contribution is 0.595. The molecule has 0 heterocycles. The van der Waals surface area contributed by atoms with Crippen LogP contribution in [0.2, 0.25) is 0 Å². The Bertz CT molecular complexity index is 543. The molecule has 1 saturated carbocycles. The van der Waals surface area contributed by atoms with Crippen molar-refractivity contribution in [3.05, 3.63) is 24.3 Å². The van der Waals surface area contributed by atoms with Crippen molar-refractivity contribution in [3.63, 3.8) is 0 Å². The minimum Gasteiger partial charge on any atom is -0.254 e. The summed E-state index contributed by atoms with van der Waals surface area (Å²) in [5.74, 6) is 1.07. The summed E-state index contributed by atoms with van der Waals surface area (Å²) in [5, 5.41) is 0. The Labute approximate surface area is 111 Å². The Morgan fingerprint density at radius 3 is 2.44 bits per heavy atom. The molecule has 0 bridgehead atoms. The predicted octanol–water partition coefficient (Wildman–Crippen LogP) is 2.39. The second-order valence-corrected chi connectivity index (χ2v) is 8.33. The molecule has 0 radical (unpaired) electrons. The third kappa shape index (κ3) is 3.20. The van der Waals surface area contributed by atoms with Gasteiger partial charge in [0, 0.05) is 12.0 Å². The zero-order chi connectivity index (χ0) is 13.2. The van der Waals surface area contributed by atoms with Gasteiger partial charge in [-0.15, -0.1) is 0 Å². The molecule has 0 aliphatic heterocycles. The minimum absolute atomic E-state index is 0.210. The number of benzene rings is 1. The zero-order valence-corrected chi connectivity index (χ0v) is 12.1. The van der Waals surface area contributed by atoms with Crippen LogP contribution in [0.4, 0.5) is 0 Å². The number of hydrogen-bond acceptors (Lipinski definition) is 3. The lowest BCUT2D eigenvalue weighted by Gasteiger charge is -2.11. The monoisotopic (exact) mass is 286 g/mol. The Hall–Kier alpha value is -0.680. The first-order valence-electron chi connectivity index (χ1n) is 6.16. The fourth-order valence-electron chi connectivity index (χ4n) is 2.43. The largest absolute Gasteiger partial charge is 0.254 e. The van der Waals surface area contributed by atoms with E-state index < -0.39 is 20.6 Å². The smallest absolute Gasteiger partial charge is 0.176 e. The van der Waals surface area contributed by atoms with Crippen LogP contribution in [0.5, 0.6) is 0 Å². The molecule has 0 N–H and O–H groups in total. The van der Waals surface area contributed by atoms with Gasteiger partial charge in [-0.3, -0.25) is 4.21 Å². The Balaban J connectivity index is 2.24. The Morgan fingerprint density at radius 2 is 1.83 bits per heavy atom. The summed E-state index contributed by atoms with van der Waals surface area (Å²) in [6, 6.07) is 6.63. The van der Waals surface area contributed by atoms with Gasteiger partial charge in [-0.1, -0.05) is 25.0 Å². The lowest BCUT2D eigenvalue weighted by Crippen LogP contribution is -2.11. The minimum atomic E-state index is -3.31. The highest BCUT2D eigenvalue weighted by Gasteiger charge is 2.22. The van der Waals surface area contributed by atoms with Crippen LogP contribution >= 0.6 is 0 Å². The van der Waals surface area contributed by atoms with Crippen LogP contribution in [0, 0.1) is 5.92 Å². The highest BCUT2D eigenvalue weighted by atomic mass is 32.2. The highest BCUT2D eigenvalue weighted by molar-refractivity contribution is 7.92. The molecule has 2 rings (SSSR count). The second-order valence-electron chi connectivity index (χ2n) is 4.88. The third-order valence-corrected chi connectivity index (χ3v) is 6.26. The molecule has 1 atom stereocenters. The standard InChI is InChI=1S/C13H18O3S2/c1-18(15,16)13-9-5-4-8-12(13)17(14)10-11-6-2-3-7-11/h4-5,8-9,11H,2-3,6-7,10H2,1H3/t17-/m1/s1. The Morgan fingerprint density at radius 1 is 1.22 bits per heavy atom. The van der Waals surface area contributed by atoms with E-state index >= 15 is 0 Å². The fraction of sp³-hybridized carbons (Fsp3) is 0.538. The summed E-state index contributed by atoms with van der Waals surface area (Å²) in [6.07, 6.45) is 5.81. The normalized spacial score (nSPS) is 18.9. The van der Waals surface area contributed by atoms with Crippen LogP contribution in [-0.4, -0.2) is 24.6 Å². The molecule has 1 aliphatic rings. The molecule has 0 aromatic heterocycles. The summed E-state index contributed by atoms with van der Waals surface area (Å²) in [5.41, 5.74) is 0. The van der Waals surface area contributed by atoms with E-state index in [0.29, 0.717) is 16.6 Å². The Kier molecular flexibility index (Phi) is 4.22.